The highest BCUT2D eigenvalue weighted by molar-refractivity contribution is 6.93. The molecule has 3 nitrogen and oxygen atoms in total. The Morgan fingerprint density at radius 1 is 0.306 bits per heavy atom. The quantitative estimate of drug-likeness (QED) is 0.126. The van der Waals surface area contributed by atoms with Crippen molar-refractivity contribution in [2.75, 3.05) is 14.6 Å². The van der Waals surface area contributed by atoms with Gasteiger partial charge in [-0.3, -0.25) is 0 Å². The Morgan fingerprint density at radius 3 is 1.21 bits per heavy atom. The lowest BCUT2D eigenvalue weighted by atomic mass is 9.42. The molecule has 3 aliphatic rings. The number of nitrogens with zero attached hydrogens (tertiary/aromatic N) is 3. The minimum absolute atomic E-state index is 0.221. The largest absolute Gasteiger partial charge is 0.376 e. The Balaban J connectivity index is 0.980. The third-order valence-electron chi connectivity index (χ3n) is 18.0. The molecule has 2 heterocycles. The molecule has 1 aliphatic carbocycles. The van der Waals surface area contributed by atoms with Crippen LogP contribution in [0.2, 0.25) is 0 Å². The fourth-order valence-corrected chi connectivity index (χ4v) is 14.0. The summed E-state index contributed by atoms with van der Waals surface area (Å²) in [4.78, 5) is 7.73. The van der Waals surface area contributed by atoms with Crippen molar-refractivity contribution in [2.24, 2.45) is 0 Å². The van der Waals surface area contributed by atoms with Crippen LogP contribution in [0.4, 0.5) is 45.5 Å². The summed E-state index contributed by atoms with van der Waals surface area (Å²) in [7, 11) is 0. The van der Waals surface area contributed by atoms with Crippen molar-refractivity contribution in [1.29, 1.82) is 0 Å². The van der Waals surface area contributed by atoms with E-state index in [1.165, 1.54) is 111 Å². The number of hydrogen-bond donors (Lipinski definition) is 0. The van der Waals surface area contributed by atoms with Gasteiger partial charge in [-0.1, -0.05) is 250 Å². The van der Waals surface area contributed by atoms with Crippen molar-refractivity contribution in [2.45, 2.75) is 19.3 Å². The van der Waals surface area contributed by atoms with Gasteiger partial charge in [0.05, 0.1) is 0 Å². The van der Waals surface area contributed by atoms with Crippen molar-refractivity contribution in [1.82, 2.24) is 0 Å². The van der Waals surface area contributed by atoms with Crippen molar-refractivity contribution >= 4 is 63.3 Å². The topological polar surface area (TPSA) is 9.72 Å². The second-order valence-corrected chi connectivity index (χ2v) is 23.2. The normalized spacial score (nSPS) is 13.1. The molecule has 16 rings (SSSR count). The number of benzene rings is 13. The van der Waals surface area contributed by atoms with Gasteiger partial charge in [0.2, 0.25) is 0 Å². The van der Waals surface area contributed by atoms with E-state index in [0.29, 0.717) is 0 Å². The minimum atomic E-state index is -0.344. The highest BCUT2D eigenvalue weighted by Gasteiger charge is 2.50. The Hall–Kier alpha value is -10.7. The highest BCUT2D eigenvalue weighted by atomic mass is 15.2. The van der Waals surface area contributed by atoms with E-state index in [0.717, 1.165) is 34.1 Å². The molecule has 0 radical (unpaired) electrons. The molecule has 2 aliphatic heterocycles. The van der Waals surface area contributed by atoms with Gasteiger partial charge >= 0.3 is 6.85 Å². The third kappa shape index (κ3) is 8.43. The summed E-state index contributed by atoms with van der Waals surface area (Å²) in [6, 6.07) is 117. The lowest BCUT2D eigenvalue weighted by Gasteiger charge is -2.47. The zero-order valence-electron chi connectivity index (χ0n) is 47.4. The molecule has 0 saturated carbocycles. The van der Waals surface area contributed by atoms with Gasteiger partial charge < -0.3 is 14.6 Å². The van der Waals surface area contributed by atoms with Crippen LogP contribution in [-0.2, 0) is 5.41 Å². The van der Waals surface area contributed by atoms with Crippen LogP contribution in [0, 0.1) is 0 Å². The Kier molecular flexibility index (Phi) is 12.0. The molecular weight excluding hydrogens is 1030 g/mol. The monoisotopic (exact) mass is 1080 g/mol. The maximum atomic E-state index is 2.66. The predicted octanol–water partition coefficient (Wildman–Crippen LogP) is 20.5. The lowest BCUT2D eigenvalue weighted by Crippen LogP contribution is -2.62. The first-order valence-corrected chi connectivity index (χ1v) is 29.6. The summed E-state index contributed by atoms with van der Waals surface area (Å²) in [6.45, 7) is 4.67. The summed E-state index contributed by atoms with van der Waals surface area (Å²) in [5.74, 6) is 0. The van der Waals surface area contributed by atoms with Gasteiger partial charge in [-0.2, -0.15) is 0 Å². The number of rotatable bonds is 10. The maximum absolute atomic E-state index is 2.66. The maximum Gasteiger partial charge on any atom is 0.333 e. The number of fused-ring (bicyclic) bond motifs is 8. The average Bonchev–Trinajstić information content (AvgIpc) is 1.71. The van der Waals surface area contributed by atoms with E-state index < -0.39 is 0 Å². The first kappa shape index (κ1) is 50.1. The second-order valence-electron chi connectivity index (χ2n) is 23.2. The van der Waals surface area contributed by atoms with Gasteiger partial charge in [0.1, 0.15) is 0 Å². The summed E-state index contributed by atoms with van der Waals surface area (Å²) in [5, 5.41) is 0. The first-order chi connectivity index (χ1) is 41.9. The van der Waals surface area contributed by atoms with Crippen LogP contribution in [0.1, 0.15) is 25.0 Å². The molecule has 0 spiro atoms. The van der Waals surface area contributed by atoms with E-state index in [4.69, 9.17) is 0 Å². The molecule has 0 unspecified atom stereocenters. The van der Waals surface area contributed by atoms with E-state index in [1.54, 1.807) is 0 Å². The fourth-order valence-electron chi connectivity index (χ4n) is 14.0. The van der Waals surface area contributed by atoms with Crippen LogP contribution in [0.5, 0.6) is 0 Å². The van der Waals surface area contributed by atoms with E-state index >= 15 is 0 Å². The van der Waals surface area contributed by atoms with Crippen LogP contribution in [0.15, 0.2) is 315 Å². The summed E-state index contributed by atoms with van der Waals surface area (Å²) < 4.78 is 0. The molecule has 0 aromatic heterocycles. The molecule has 0 fully saturated rings. The van der Waals surface area contributed by atoms with Crippen molar-refractivity contribution in [3.05, 3.63) is 327 Å². The van der Waals surface area contributed by atoms with Gasteiger partial charge in [-0.15, -0.1) is 0 Å². The zero-order chi connectivity index (χ0) is 56.6. The average molecular weight is 1080 g/mol. The van der Waals surface area contributed by atoms with Crippen molar-refractivity contribution in [3.8, 4) is 77.9 Å². The van der Waals surface area contributed by atoms with Crippen LogP contribution < -0.4 is 25.5 Å². The van der Waals surface area contributed by atoms with E-state index in [-0.39, 0.29) is 12.3 Å². The molecule has 0 amide bonds. The summed E-state index contributed by atoms with van der Waals surface area (Å²) >= 11 is 0. The fraction of sp³-hybridized carbons (Fsp3) is 0.0370. The minimum Gasteiger partial charge on any atom is -0.376 e. The third-order valence-corrected chi connectivity index (χ3v) is 18.0. The van der Waals surface area contributed by atoms with E-state index in [2.05, 4.69) is 344 Å². The van der Waals surface area contributed by atoms with Crippen molar-refractivity contribution < 1.29 is 0 Å². The van der Waals surface area contributed by atoms with Gasteiger partial charge in [-0.25, -0.2) is 0 Å². The van der Waals surface area contributed by atoms with Crippen LogP contribution in [0.25, 0.3) is 77.9 Å². The SMILES string of the molecule is CC1(C)c2ccccc2-c2cc3c4c(c21)N(c1ccc(-c2ccccc2)cc1)c1ccc(-c2ccccc2)cc1B4N(c1ccc(-c2ccccc2)cc1)c1ccc(N(c2ccc(-c4ccccc4)cc2)c2ccc(-c4ccccc4)cc2)cc1-3. The van der Waals surface area contributed by atoms with Crippen LogP contribution in [0.3, 0.4) is 0 Å². The molecule has 0 bridgehead atoms. The number of hydrogen-bond acceptors (Lipinski definition) is 3. The molecule has 0 atom stereocenters. The number of anilines is 8. The summed E-state index contributed by atoms with van der Waals surface area (Å²) in [6.07, 6.45) is 0. The van der Waals surface area contributed by atoms with E-state index in [9.17, 15) is 0 Å². The van der Waals surface area contributed by atoms with Crippen molar-refractivity contribution in [3.63, 3.8) is 0 Å². The van der Waals surface area contributed by atoms with Gasteiger partial charge in [0.25, 0.3) is 0 Å². The Labute approximate surface area is 498 Å². The summed E-state index contributed by atoms with van der Waals surface area (Å²) in [5.41, 5.74) is 30.8. The molecule has 0 N–H and O–H groups in total. The van der Waals surface area contributed by atoms with Gasteiger partial charge in [0, 0.05) is 56.5 Å². The highest BCUT2D eigenvalue weighted by Crippen LogP contribution is 2.58. The van der Waals surface area contributed by atoms with Gasteiger partial charge in [0.15, 0.2) is 0 Å². The predicted molar refractivity (Wildman–Crippen MR) is 360 cm³/mol. The van der Waals surface area contributed by atoms with Crippen LogP contribution >= 0.6 is 0 Å². The molecule has 400 valence electrons. The first-order valence-electron chi connectivity index (χ1n) is 29.6. The smallest absolute Gasteiger partial charge is 0.333 e. The van der Waals surface area contributed by atoms with Crippen LogP contribution in [-0.4, -0.2) is 6.85 Å². The van der Waals surface area contributed by atoms with Gasteiger partial charge in [-0.05, 0) is 173 Å². The molecular formula is C81H58BN3. The zero-order valence-corrected chi connectivity index (χ0v) is 47.4. The molecule has 13 aromatic carbocycles. The molecule has 13 aromatic rings. The molecule has 4 heteroatoms. The van der Waals surface area contributed by atoms with E-state index in [1.807, 2.05) is 0 Å². The second kappa shape index (κ2) is 20.3. The molecule has 0 saturated heterocycles. The molecule has 85 heavy (non-hydrogen) atoms. The Bertz CT molecular complexity index is 4540. The lowest BCUT2D eigenvalue weighted by molar-refractivity contribution is 0.661. The standard InChI is InChI=1S/C81H58BN3/c1-81(2)74-31-19-18-30-70(74)72-54-73-71-53-69(83(65-41-32-60(33-42-65)55-20-8-3-9-21-55)66-43-34-61(35-44-66)56-22-10-4-11-23-56)49-51-76(71)85(68-47-38-63(39-48-68)58-26-14-6-15-27-58)82-75-52-64(59-28-16-7-17-29-59)40-50-77(75)84(80(78(72)81)79(73)82)67-45-36-62(37-46-67)57-24-12-5-13-25-57/h3-54H,1-2H3. The Morgan fingerprint density at radius 2 is 0.706 bits per heavy atom.